The molecule has 0 N–H and O–H groups in total. The van der Waals surface area contributed by atoms with Crippen LogP contribution in [0.25, 0.3) is 22.3 Å². The fourth-order valence-corrected chi connectivity index (χ4v) is 2.44. The monoisotopic (exact) mass is 422 g/mol. The smallest absolute Gasteiger partial charge is 0 e. The summed E-state index contributed by atoms with van der Waals surface area (Å²) in [5, 5.41) is 0. The molecule has 0 fully saturated rings. The fourth-order valence-electron chi connectivity index (χ4n) is 2.44. The summed E-state index contributed by atoms with van der Waals surface area (Å²) in [6, 6.07) is 35.7. The molecule has 0 aliphatic carbocycles. The van der Waals surface area contributed by atoms with E-state index in [1.165, 1.54) is 0 Å². The average molecular weight is 422 g/mol. The first kappa shape index (κ1) is 21.9. The largest absolute Gasteiger partial charge is 0.642 e. The predicted octanol–water partition coefficient (Wildman–Crippen LogP) is 5.50. The number of hydrogen-bond donors (Lipinski definition) is 0. The first-order valence-corrected chi connectivity index (χ1v) is 7.94. The van der Waals surface area contributed by atoms with Crippen molar-refractivity contribution in [3.05, 3.63) is 119 Å². The predicted molar refractivity (Wildman–Crippen MR) is 101 cm³/mol. The van der Waals surface area contributed by atoms with Crippen molar-refractivity contribution in [3.63, 3.8) is 0 Å². The molecule has 0 unspecified atom stereocenters. The van der Waals surface area contributed by atoms with Gasteiger partial charge in [0.05, 0.1) is 0 Å². The first-order valence-electron chi connectivity index (χ1n) is 7.94. The Morgan fingerprint density at radius 3 is 1.50 bits per heavy atom. The van der Waals surface area contributed by atoms with Crippen molar-refractivity contribution >= 4 is 0 Å². The number of hydrogen-bond acceptors (Lipinski definition) is 1. The van der Waals surface area contributed by atoms with Crippen molar-refractivity contribution < 1.29 is 34.1 Å². The molecule has 0 spiro atoms. The Balaban J connectivity index is 0.000000235. The van der Waals surface area contributed by atoms with Crippen molar-refractivity contribution in [2.24, 2.45) is 0 Å². The molecule has 140 valence electrons. The Morgan fingerprint density at radius 2 is 1.12 bits per heavy atom. The topological polar surface area (TPSA) is 17.1 Å². The van der Waals surface area contributed by atoms with Gasteiger partial charge in [-0.1, -0.05) is 0 Å². The Kier molecular flexibility index (Phi) is 9.65. The van der Waals surface area contributed by atoms with Crippen LogP contribution in [0.4, 0.5) is 0 Å². The van der Waals surface area contributed by atoms with Gasteiger partial charge in [-0.15, -0.1) is 0 Å². The summed E-state index contributed by atoms with van der Waals surface area (Å²) in [6.07, 6.45) is 0. The van der Waals surface area contributed by atoms with Crippen molar-refractivity contribution in [1.82, 2.24) is 0 Å². The van der Waals surface area contributed by atoms with E-state index in [4.69, 9.17) is 0 Å². The second-order valence-electron chi connectivity index (χ2n) is 5.35. The Morgan fingerprint density at radius 1 is 0.654 bits per heavy atom. The summed E-state index contributed by atoms with van der Waals surface area (Å²) in [4.78, 5) is 11.5. The molecule has 5 aromatic rings. The van der Waals surface area contributed by atoms with E-state index in [9.17, 15) is 4.79 Å². The standard InChI is InChI=1S/C13H8O.2C5H5.2Fe/c14-13-11(9-5-1-2-6-9)12(13)10-7-3-4-8-10;2*1-2-4-5-3-1;;/h1-8H;2*1-5H;;/q-6;2*-1;;. The van der Waals surface area contributed by atoms with E-state index in [0.717, 1.165) is 22.3 Å². The molecule has 0 bridgehead atoms. The van der Waals surface area contributed by atoms with Gasteiger partial charge in [0.2, 0.25) is 0 Å². The van der Waals surface area contributed by atoms with Gasteiger partial charge in [0, 0.05) is 34.1 Å². The molecular formula is C23H18Fe2O-8. The average Bonchev–Trinajstić information content (AvgIpc) is 3.36. The molecule has 3 heteroatoms. The molecule has 0 aromatic heterocycles. The molecule has 26 heavy (non-hydrogen) atoms. The van der Waals surface area contributed by atoms with E-state index < -0.39 is 0 Å². The van der Waals surface area contributed by atoms with Crippen LogP contribution in [0.5, 0.6) is 0 Å². The van der Waals surface area contributed by atoms with E-state index in [0.29, 0.717) is 0 Å². The van der Waals surface area contributed by atoms with Gasteiger partial charge in [-0.25, -0.2) is 29.8 Å². The van der Waals surface area contributed by atoms with E-state index in [1.807, 2.05) is 109 Å². The summed E-state index contributed by atoms with van der Waals surface area (Å²) in [5.74, 6) is 0. The van der Waals surface area contributed by atoms with Gasteiger partial charge in [0.25, 0.3) is 0 Å². The van der Waals surface area contributed by atoms with Crippen molar-refractivity contribution in [2.45, 2.75) is 0 Å². The van der Waals surface area contributed by atoms with Gasteiger partial charge < -0.3 is 45.8 Å². The second kappa shape index (κ2) is 11.5. The molecule has 5 rings (SSSR count). The molecule has 0 saturated heterocycles. The number of rotatable bonds is 2. The molecule has 0 aliphatic heterocycles. The summed E-state index contributed by atoms with van der Waals surface area (Å²) >= 11 is 0. The molecule has 0 radical (unpaired) electrons. The molecule has 0 atom stereocenters. The summed E-state index contributed by atoms with van der Waals surface area (Å²) in [6.45, 7) is 0. The molecule has 0 heterocycles. The maximum Gasteiger partial charge on any atom is 0 e. The second-order valence-corrected chi connectivity index (χ2v) is 5.35. The molecule has 0 aliphatic rings. The zero-order chi connectivity index (χ0) is 16.6. The third-order valence-corrected chi connectivity index (χ3v) is 3.66. The normalized spacial score (nSPS) is 9.08. The minimum Gasteiger partial charge on any atom is -0.642 e. The van der Waals surface area contributed by atoms with Crippen LogP contribution in [0.1, 0.15) is 0 Å². The van der Waals surface area contributed by atoms with Crippen molar-refractivity contribution in [1.29, 1.82) is 0 Å². The maximum atomic E-state index is 11.5. The van der Waals surface area contributed by atoms with Crippen molar-refractivity contribution in [3.8, 4) is 22.3 Å². The van der Waals surface area contributed by atoms with Gasteiger partial charge in [0.1, 0.15) is 0 Å². The molecule has 5 aromatic carbocycles. The van der Waals surface area contributed by atoms with Gasteiger partial charge in [0.15, 0.2) is 0 Å². The molecule has 0 amide bonds. The van der Waals surface area contributed by atoms with Gasteiger partial charge in [-0.05, 0) is 0 Å². The van der Waals surface area contributed by atoms with E-state index in [2.05, 4.69) is 0 Å². The molecular weight excluding hydrogens is 404 g/mol. The SMILES string of the molecule is O=c1c(-[c-]2cccc2)c1-[c-]1[cH-][cH-][cH-][cH-]1.[Fe].[Fe].c1cc[cH-]c1.c1cc[cH-]c1. The van der Waals surface area contributed by atoms with Crippen LogP contribution in [-0.2, 0) is 34.1 Å². The maximum absolute atomic E-state index is 11.5. The van der Waals surface area contributed by atoms with Crippen LogP contribution in [0, 0.1) is 0 Å². The van der Waals surface area contributed by atoms with Gasteiger partial charge in [-0.3, -0.25) is 5.43 Å². The van der Waals surface area contributed by atoms with Gasteiger partial charge >= 0.3 is 0 Å². The van der Waals surface area contributed by atoms with Crippen LogP contribution in [0.15, 0.2) is 114 Å². The van der Waals surface area contributed by atoms with Gasteiger partial charge in [-0.2, -0.15) is 60.7 Å². The van der Waals surface area contributed by atoms with Crippen LogP contribution in [0.3, 0.4) is 0 Å². The van der Waals surface area contributed by atoms with Crippen LogP contribution in [0.2, 0.25) is 0 Å². The Bertz CT molecular complexity index is 789. The zero-order valence-electron chi connectivity index (χ0n) is 14.0. The minimum absolute atomic E-state index is 0. The van der Waals surface area contributed by atoms with Crippen LogP contribution in [-0.4, -0.2) is 0 Å². The molecule has 1 nitrogen and oxygen atoms in total. The van der Waals surface area contributed by atoms with Crippen molar-refractivity contribution in [2.75, 3.05) is 0 Å². The Labute approximate surface area is 175 Å². The zero-order valence-corrected chi connectivity index (χ0v) is 16.2. The minimum atomic E-state index is 0. The third kappa shape index (κ3) is 5.98. The van der Waals surface area contributed by atoms with Crippen LogP contribution < -0.4 is 5.43 Å². The van der Waals surface area contributed by atoms with E-state index >= 15 is 0 Å². The first-order chi connectivity index (χ1) is 11.9. The van der Waals surface area contributed by atoms with E-state index in [-0.39, 0.29) is 39.6 Å². The van der Waals surface area contributed by atoms with Crippen LogP contribution >= 0.6 is 0 Å². The third-order valence-electron chi connectivity index (χ3n) is 3.66. The fraction of sp³-hybridized carbons (Fsp3) is 0. The Hall–Kier alpha value is -2.15. The van der Waals surface area contributed by atoms with E-state index in [1.54, 1.807) is 0 Å². The summed E-state index contributed by atoms with van der Waals surface area (Å²) < 4.78 is 0. The quantitative estimate of drug-likeness (QED) is 0.271. The summed E-state index contributed by atoms with van der Waals surface area (Å²) in [5.41, 5.74) is 4.07. The molecule has 0 saturated carbocycles. The summed E-state index contributed by atoms with van der Waals surface area (Å²) in [7, 11) is 0.